The molecule has 8 nitrogen and oxygen atoms in total. The molecule has 9 heteroatoms. The smallest absolute Gasteiger partial charge is 0.338 e. The van der Waals surface area contributed by atoms with Crippen molar-refractivity contribution in [3.63, 3.8) is 0 Å². The topological polar surface area (TPSA) is 102 Å². The van der Waals surface area contributed by atoms with E-state index in [-0.39, 0.29) is 47.7 Å². The Morgan fingerprint density at radius 1 is 1.21 bits per heavy atom. The third kappa shape index (κ3) is 6.25. The van der Waals surface area contributed by atoms with Gasteiger partial charge in [0.2, 0.25) is 10.0 Å². The summed E-state index contributed by atoms with van der Waals surface area (Å²) in [6, 6.07) is 5.61. The molecule has 2 rings (SSSR count). The highest BCUT2D eigenvalue weighted by Gasteiger charge is 2.32. The van der Waals surface area contributed by atoms with Gasteiger partial charge >= 0.3 is 5.97 Å². The molecule has 0 bridgehead atoms. The van der Waals surface area contributed by atoms with Crippen molar-refractivity contribution in [1.29, 1.82) is 0 Å². The van der Waals surface area contributed by atoms with Gasteiger partial charge in [0.1, 0.15) is 0 Å². The van der Waals surface area contributed by atoms with Crippen LogP contribution in [-0.4, -0.2) is 62.5 Å². The van der Waals surface area contributed by atoms with E-state index in [0.717, 1.165) is 0 Å². The maximum Gasteiger partial charge on any atom is 0.338 e. The standard InChI is InChI=1S/C20H30N2O6S/c1-13(2)16(5)21-19(23)12-27-20(24)17-7-6-8-18(9-17)29(25,26)22-10-14(3)28-15(4)11-22/h6-9,13-16H,10-12H2,1-5H3,(H,21,23)/t14-,15+,16-/m0/s1. The number of nitrogens with one attached hydrogen (secondary N) is 1. The molecule has 1 heterocycles. The van der Waals surface area contributed by atoms with Crippen LogP contribution >= 0.6 is 0 Å². The lowest BCUT2D eigenvalue weighted by Crippen LogP contribution is -2.48. The van der Waals surface area contributed by atoms with Crippen molar-refractivity contribution in [2.45, 2.75) is 57.8 Å². The quantitative estimate of drug-likeness (QED) is 0.667. The summed E-state index contributed by atoms with van der Waals surface area (Å²) in [5, 5.41) is 2.74. The van der Waals surface area contributed by atoms with Crippen molar-refractivity contribution in [2.75, 3.05) is 19.7 Å². The molecule has 162 valence electrons. The van der Waals surface area contributed by atoms with Crippen molar-refractivity contribution in [1.82, 2.24) is 9.62 Å². The number of ether oxygens (including phenoxy) is 2. The second-order valence-corrected chi connectivity index (χ2v) is 9.72. The summed E-state index contributed by atoms with van der Waals surface area (Å²) in [5.41, 5.74) is 0.0742. The summed E-state index contributed by atoms with van der Waals surface area (Å²) in [6.07, 6.45) is -0.429. The largest absolute Gasteiger partial charge is 0.452 e. The van der Waals surface area contributed by atoms with Crippen LogP contribution in [0.25, 0.3) is 0 Å². The fourth-order valence-electron chi connectivity index (χ4n) is 2.94. The van der Waals surface area contributed by atoms with Crippen LogP contribution in [0, 0.1) is 5.92 Å². The van der Waals surface area contributed by atoms with Crippen molar-refractivity contribution in [3.05, 3.63) is 29.8 Å². The fourth-order valence-corrected chi connectivity index (χ4v) is 4.57. The lowest BCUT2D eigenvalue weighted by Gasteiger charge is -2.34. The Morgan fingerprint density at radius 3 is 2.41 bits per heavy atom. The van der Waals surface area contributed by atoms with E-state index in [1.807, 2.05) is 34.6 Å². The first-order valence-electron chi connectivity index (χ1n) is 9.73. The van der Waals surface area contributed by atoms with E-state index in [9.17, 15) is 18.0 Å². The Hall–Kier alpha value is -1.97. The zero-order valence-electron chi connectivity index (χ0n) is 17.5. The monoisotopic (exact) mass is 426 g/mol. The summed E-state index contributed by atoms with van der Waals surface area (Å²) >= 11 is 0. The van der Waals surface area contributed by atoms with Crippen LogP contribution in [-0.2, 0) is 24.3 Å². The number of esters is 1. The van der Waals surface area contributed by atoms with Gasteiger partial charge in [-0.25, -0.2) is 13.2 Å². The minimum atomic E-state index is -3.77. The number of sulfonamides is 1. The van der Waals surface area contributed by atoms with E-state index in [2.05, 4.69) is 5.32 Å². The number of benzene rings is 1. The predicted octanol–water partition coefficient (Wildman–Crippen LogP) is 1.80. The normalized spacial score (nSPS) is 21.6. The first-order chi connectivity index (χ1) is 13.5. The number of amides is 1. The van der Waals surface area contributed by atoms with Crippen LogP contribution in [0.5, 0.6) is 0 Å². The maximum atomic E-state index is 13.0. The van der Waals surface area contributed by atoms with Gasteiger partial charge in [-0.05, 0) is 44.9 Å². The van der Waals surface area contributed by atoms with E-state index in [0.29, 0.717) is 0 Å². The number of hydrogen-bond donors (Lipinski definition) is 1. The van der Waals surface area contributed by atoms with Gasteiger partial charge in [0.25, 0.3) is 5.91 Å². The molecule has 0 unspecified atom stereocenters. The molecule has 0 aromatic heterocycles. The number of carbonyl (C=O) groups excluding carboxylic acids is 2. The average Bonchev–Trinajstić information content (AvgIpc) is 2.65. The first kappa shape index (κ1) is 23.3. The number of rotatable bonds is 7. The maximum absolute atomic E-state index is 13.0. The van der Waals surface area contributed by atoms with Crippen LogP contribution in [0.15, 0.2) is 29.2 Å². The number of hydrogen-bond acceptors (Lipinski definition) is 6. The highest BCUT2D eigenvalue weighted by Crippen LogP contribution is 2.22. The average molecular weight is 427 g/mol. The molecule has 3 atom stereocenters. The van der Waals surface area contributed by atoms with Gasteiger partial charge in [0.05, 0.1) is 22.7 Å². The zero-order valence-corrected chi connectivity index (χ0v) is 18.4. The number of nitrogens with zero attached hydrogens (tertiary/aromatic N) is 1. The molecule has 1 aromatic carbocycles. The van der Waals surface area contributed by atoms with Gasteiger partial charge in [-0.2, -0.15) is 4.31 Å². The van der Waals surface area contributed by atoms with Gasteiger partial charge < -0.3 is 14.8 Å². The molecule has 0 radical (unpaired) electrons. The van der Waals surface area contributed by atoms with E-state index in [4.69, 9.17) is 9.47 Å². The van der Waals surface area contributed by atoms with Crippen molar-refractivity contribution >= 4 is 21.9 Å². The van der Waals surface area contributed by atoms with Crippen molar-refractivity contribution < 1.29 is 27.5 Å². The lowest BCUT2D eigenvalue weighted by molar-refractivity contribution is -0.125. The van der Waals surface area contributed by atoms with Crippen LogP contribution in [0.4, 0.5) is 0 Å². The molecule has 29 heavy (non-hydrogen) atoms. The van der Waals surface area contributed by atoms with Gasteiger partial charge in [-0.1, -0.05) is 19.9 Å². The summed E-state index contributed by atoms with van der Waals surface area (Å²) in [4.78, 5) is 24.2. The first-order valence-corrected chi connectivity index (χ1v) is 11.2. The third-order valence-corrected chi connectivity index (χ3v) is 6.64. The Morgan fingerprint density at radius 2 is 1.83 bits per heavy atom. The van der Waals surface area contributed by atoms with Gasteiger partial charge in [0.15, 0.2) is 6.61 Å². The predicted molar refractivity (Wildman–Crippen MR) is 108 cm³/mol. The second-order valence-electron chi connectivity index (χ2n) is 7.78. The summed E-state index contributed by atoms with van der Waals surface area (Å²) in [7, 11) is -3.77. The van der Waals surface area contributed by atoms with E-state index in [1.54, 1.807) is 0 Å². The second kappa shape index (κ2) is 9.69. The summed E-state index contributed by atoms with van der Waals surface area (Å²) in [6.45, 7) is 9.51. The minimum absolute atomic E-state index is 0.00568. The Kier molecular flexibility index (Phi) is 7.79. The lowest BCUT2D eigenvalue weighted by atomic mass is 10.1. The molecule has 1 fully saturated rings. The Labute approximate surface area is 172 Å². The van der Waals surface area contributed by atoms with Gasteiger partial charge in [0, 0.05) is 19.1 Å². The van der Waals surface area contributed by atoms with Crippen LogP contribution in [0.1, 0.15) is 45.0 Å². The van der Waals surface area contributed by atoms with Crippen molar-refractivity contribution in [2.24, 2.45) is 5.92 Å². The molecule has 0 saturated carbocycles. The molecular formula is C20H30N2O6S. The molecule has 1 amide bonds. The molecule has 1 aliphatic heterocycles. The van der Waals surface area contributed by atoms with Crippen molar-refractivity contribution in [3.8, 4) is 0 Å². The Balaban J connectivity index is 2.06. The molecule has 1 saturated heterocycles. The minimum Gasteiger partial charge on any atom is -0.452 e. The summed E-state index contributed by atoms with van der Waals surface area (Å²) in [5.74, 6) is -0.903. The summed E-state index contributed by atoms with van der Waals surface area (Å²) < 4.78 is 37.9. The van der Waals surface area contributed by atoms with E-state index < -0.39 is 28.5 Å². The molecule has 1 aliphatic rings. The molecule has 1 N–H and O–H groups in total. The Bertz CT molecular complexity index is 829. The van der Waals surface area contributed by atoms with Crippen LogP contribution in [0.3, 0.4) is 0 Å². The number of morpholine rings is 1. The third-order valence-electron chi connectivity index (χ3n) is 4.82. The van der Waals surface area contributed by atoms with Crippen LogP contribution in [0.2, 0.25) is 0 Å². The molecule has 0 aliphatic carbocycles. The van der Waals surface area contributed by atoms with E-state index >= 15 is 0 Å². The highest BCUT2D eigenvalue weighted by molar-refractivity contribution is 7.89. The van der Waals surface area contributed by atoms with E-state index in [1.165, 1.54) is 28.6 Å². The SMILES string of the molecule is CC(C)[C@H](C)NC(=O)COC(=O)c1cccc(S(=O)(=O)N2C[C@@H](C)O[C@@H](C)C2)c1. The molecular weight excluding hydrogens is 396 g/mol. The fraction of sp³-hybridized carbons (Fsp3) is 0.600. The zero-order chi connectivity index (χ0) is 21.8. The van der Waals surface area contributed by atoms with Gasteiger partial charge in [-0.3, -0.25) is 4.79 Å². The highest BCUT2D eigenvalue weighted by atomic mass is 32.2. The number of carbonyl (C=O) groups is 2. The van der Waals surface area contributed by atoms with Gasteiger partial charge in [-0.15, -0.1) is 0 Å². The molecule has 0 spiro atoms. The molecule has 1 aromatic rings. The van der Waals surface area contributed by atoms with Crippen LogP contribution < -0.4 is 5.32 Å².